The number of hydrogen-bond acceptors (Lipinski definition) is 2. The van der Waals surface area contributed by atoms with Crippen LogP contribution in [0.4, 0.5) is 4.39 Å². The molecule has 0 spiro atoms. The second kappa shape index (κ2) is 6.62. The van der Waals surface area contributed by atoms with E-state index in [0.29, 0.717) is 17.7 Å². The Balaban J connectivity index is 1.94. The smallest absolute Gasteiger partial charge is 0.255 e. The summed E-state index contributed by atoms with van der Waals surface area (Å²) in [6.45, 7) is 0.653. The molecule has 0 aromatic heterocycles. The van der Waals surface area contributed by atoms with Crippen LogP contribution in [0.25, 0.3) is 0 Å². The van der Waals surface area contributed by atoms with Gasteiger partial charge in [0.2, 0.25) is 0 Å². The van der Waals surface area contributed by atoms with E-state index in [1.165, 1.54) is 12.1 Å². The summed E-state index contributed by atoms with van der Waals surface area (Å²) in [5.74, 6) is -0.409. The monoisotopic (exact) mass is 308 g/mol. The zero-order valence-corrected chi connectivity index (χ0v) is 12.7. The van der Waals surface area contributed by atoms with Gasteiger partial charge >= 0.3 is 0 Å². The highest BCUT2D eigenvalue weighted by Gasteiger charge is 2.29. The molecule has 3 nitrogen and oxygen atoms in total. The minimum atomic E-state index is -0.280. The Morgan fingerprint density at radius 2 is 1.87 bits per heavy atom. The third-order valence-corrected chi connectivity index (χ3v) is 4.30. The number of carbonyl (C=O) groups excluding carboxylic acids is 1. The summed E-state index contributed by atoms with van der Waals surface area (Å²) in [5.41, 5.74) is 1.76. The maximum atomic E-state index is 13.2. The lowest BCUT2D eigenvalue weighted by Gasteiger charge is -2.36. The van der Waals surface area contributed by atoms with E-state index in [2.05, 4.69) is 6.07 Å². The predicted molar refractivity (Wildman–Crippen MR) is 85.2 cm³/mol. The molecule has 1 heterocycles. The van der Waals surface area contributed by atoms with Gasteiger partial charge in [-0.25, -0.2) is 4.39 Å². The number of rotatable bonds is 2. The molecule has 1 aliphatic rings. The molecule has 1 fully saturated rings. The number of hydrogen-bond donors (Lipinski definition) is 0. The molecule has 23 heavy (non-hydrogen) atoms. The first-order valence-electron chi connectivity index (χ1n) is 7.76. The Kier molecular flexibility index (Phi) is 4.38. The minimum Gasteiger partial charge on any atom is -0.332 e. The second-order valence-electron chi connectivity index (χ2n) is 5.72. The molecule has 1 saturated heterocycles. The summed E-state index contributed by atoms with van der Waals surface area (Å²) in [4.78, 5) is 14.7. The Hall–Kier alpha value is -2.67. The van der Waals surface area contributed by atoms with E-state index in [1.54, 1.807) is 36.4 Å². The van der Waals surface area contributed by atoms with Gasteiger partial charge in [0.25, 0.3) is 5.91 Å². The van der Waals surface area contributed by atoms with Crippen molar-refractivity contribution in [2.45, 2.75) is 25.3 Å². The normalized spacial score (nSPS) is 17.6. The fourth-order valence-electron chi connectivity index (χ4n) is 3.13. The van der Waals surface area contributed by atoms with Crippen LogP contribution in [0.1, 0.15) is 46.8 Å². The zero-order valence-electron chi connectivity index (χ0n) is 12.7. The quantitative estimate of drug-likeness (QED) is 0.839. The van der Waals surface area contributed by atoms with E-state index in [4.69, 9.17) is 0 Å². The molecular formula is C19H17FN2O. The number of piperidine rings is 1. The fourth-order valence-corrected chi connectivity index (χ4v) is 3.13. The molecule has 0 bridgehead atoms. The zero-order chi connectivity index (χ0) is 16.2. The van der Waals surface area contributed by atoms with Gasteiger partial charge in [0.1, 0.15) is 5.82 Å². The van der Waals surface area contributed by atoms with Gasteiger partial charge in [0.05, 0.1) is 23.2 Å². The van der Waals surface area contributed by atoms with Crippen LogP contribution >= 0.6 is 0 Å². The second-order valence-corrected chi connectivity index (χ2v) is 5.72. The van der Waals surface area contributed by atoms with Crippen molar-refractivity contribution in [1.29, 1.82) is 5.26 Å². The predicted octanol–water partition coefficient (Wildman–Crippen LogP) is 4.06. The first-order chi connectivity index (χ1) is 11.2. The Bertz CT molecular complexity index is 749. The molecule has 0 N–H and O–H groups in total. The number of benzene rings is 2. The van der Waals surface area contributed by atoms with Crippen LogP contribution in [0, 0.1) is 17.1 Å². The molecule has 116 valence electrons. The summed E-state index contributed by atoms with van der Waals surface area (Å²) >= 11 is 0. The maximum Gasteiger partial charge on any atom is 0.255 e. The van der Waals surface area contributed by atoms with Crippen molar-refractivity contribution in [3.05, 3.63) is 71.0 Å². The van der Waals surface area contributed by atoms with Gasteiger partial charge in [-0.05, 0) is 49.1 Å². The molecule has 2 aromatic rings. The number of halogens is 1. The van der Waals surface area contributed by atoms with E-state index in [-0.39, 0.29) is 17.8 Å². The third-order valence-electron chi connectivity index (χ3n) is 4.30. The fraction of sp³-hybridized carbons (Fsp3) is 0.263. The van der Waals surface area contributed by atoms with Gasteiger partial charge in [-0.2, -0.15) is 5.26 Å². The highest BCUT2D eigenvalue weighted by molar-refractivity contribution is 5.97. The van der Waals surface area contributed by atoms with Crippen LogP contribution in [0.2, 0.25) is 0 Å². The van der Waals surface area contributed by atoms with Crippen molar-refractivity contribution >= 4 is 5.91 Å². The molecule has 1 aliphatic heterocycles. The average Bonchev–Trinajstić information content (AvgIpc) is 2.62. The van der Waals surface area contributed by atoms with Gasteiger partial charge in [0, 0.05) is 6.54 Å². The largest absolute Gasteiger partial charge is 0.332 e. The Morgan fingerprint density at radius 3 is 2.61 bits per heavy atom. The molecule has 1 amide bonds. The summed E-state index contributed by atoms with van der Waals surface area (Å²) in [6.07, 6.45) is 2.83. The van der Waals surface area contributed by atoms with Gasteiger partial charge in [-0.3, -0.25) is 4.79 Å². The van der Waals surface area contributed by atoms with E-state index >= 15 is 0 Å². The van der Waals surface area contributed by atoms with Crippen molar-refractivity contribution in [2.75, 3.05) is 6.54 Å². The van der Waals surface area contributed by atoms with Crippen LogP contribution < -0.4 is 0 Å². The highest BCUT2D eigenvalue weighted by atomic mass is 19.1. The van der Waals surface area contributed by atoms with Crippen LogP contribution in [0.5, 0.6) is 0 Å². The molecular weight excluding hydrogens is 291 g/mol. The lowest BCUT2D eigenvalue weighted by molar-refractivity contribution is 0.0611. The molecule has 0 radical (unpaired) electrons. The Morgan fingerprint density at radius 1 is 1.13 bits per heavy atom. The van der Waals surface area contributed by atoms with Gasteiger partial charge in [0.15, 0.2) is 0 Å². The molecule has 1 atom stereocenters. The summed E-state index contributed by atoms with van der Waals surface area (Å²) < 4.78 is 13.2. The molecule has 2 aromatic carbocycles. The summed E-state index contributed by atoms with van der Waals surface area (Å²) in [6, 6.07) is 15.2. The molecule has 3 rings (SSSR count). The molecule has 4 heteroatoms. The van der Waals surface area contributed by atoms with Crippen molar-refractivity contribution in [3.8, 4) is 6.07 Å². The third kappa shape index (κ3) is 3.09. The SMILES string of the molecule is N#Cc1ccccc1C(=O)N1CCCC[C@H]1c1ccc(F)cc1. The lowest BCUT2D eigenvalue weighted by atomic mass is 9.94. The van der Waals surface area contributed by atoms with E-state index in [9.17, 15) is 14.4 Å². The van der Waals surface area contributed by atoms with Crippen LogP contribution in [0.15, 0.2) is 48.5 Å². The van der Waals surface area contributed by atoms with E-state index in [1.807, 2.05) is 4.90 Å². The number of amides is 1. The summed E-state index contributed by atoms with van der Waals surface area (Å²) in [7, 11) is 0. The van der Waals surface area contributed by atoms with E-state index < -0.39 is 0 Å². The minimum absolute atomic E-state index is 0.0661. The van der Waals surface area contributed by atoms with Gasteiger partial charge in [-0.1, -0.05) is 24.3 Å². The standard InChI is InChI=1S/C19H17FN2O/c20-16-10-8-14(9-11-16)18-7-3-4-12-22(18)19(23)17-6-2-1-5-15(17)13-21/h1-2,5-6,8-11,18H,3-4,7,12H2/t18-/m0/s1. The number of nitrogens with zero attached hydrogens (tertiary/aromatic N) is 2. The molecule has 0 unspecified atom stereocenters. The average molecular weight is 308 g/mol. The van der Waals surface area contributed by atoms with Gasteiger partial charge < -0.3 is 4.90 Å². The van der Waals surface area contributed by atoms with Crippen LogP contribution in [-0.4, -0.2) is 17.4 Å². The van der Waals surface area contributed by atoms with E-state index in [0.717, 1.165) is 24.8 Å². The lowest BCUT2D eigenvalue weighted by Crippen LogP contribution is -2.38. The van der Waals surface area contributed by atoms with Crippen molar-refractivity contribution in [3.63, 3.8) is 0 Å². The van der Waals surface area contributed by atoms with Crippen molar-refractivity contribution in [1.82, 2.24) is 4.90 Å². The van der Waals surface area contributed by atoms with Crippen LogP contribution in [0.3, 0.4) is 0 Å². The number of nitriles is 1. The van der Waals surface area contributed by atoms with Gasteiger partial charge in [-0.15, -0.1) is 0 Å². The maximum absolute atomic E-state index is 13.2. The molecule has 0 saturated carbocycles. The van der Waals surface area contributed by atoms with Crippen molar-refractivity contribution in [2.24, 2.45) is 0 Å². The summed E-state index contributed by atoms with van der Waals surface area (Å²) in [5, 5.41) is 9.22. The molecule has 0 aliphatic carbocycles. The first-order valence-corrected chi connectivity index (χ1v) is 7.76. The highest BCUT2D eigenvalue weighted by Crippen LogP contribution is 2.32. The first kappa shape index (κ1) is 15.2. The number of likely N-dealkylation sites (tertiary alicyclic amines) is 1. The topological polar surface area (TPSA) is 44.1 Å². The van der Waals surface area contributed by atoms with Crippen LogP contribution in [-0.2, 0) is 0 Å². The number of carbonyl (C=O) groups is 1. The van der Waals surface area contributed by atoms with Crippen molar-refractivity contribution < 1.29 is 9.18 Å². The Labute approximate surface area is 135 Å².